The molecule has 1 heterocycles. The molecule has 1 rings (SSSR count). The molecule has 2 nitrogen and oxygen atoms in total. The van der Waals surface area contributed by atoms with Gasteiger partial charge in [-0.25, -0.2) is 0 Å². The summed E-state index contributed by atoms with van der Waals surface area (Å²) in [6, 6.07) is 0. The van der Waals surface area contributed by atoms with Gasteiger partial charge in [-0.05, 0) is 38.8 Å². The lowest BCUT2D eigenvalue weighted by Crippen LogP contribution is -1.83. The van der Waals surface area contributed by atoms with Crippen LogP contribution in [-0.4, -0.2) is 8.75 Å². The van der Waals surface area contributed by atoms with Gasteiger partial charge in [0.05, 0.1) is 11.7 Å². The molecular formula is C7H6Br2N2S. The van der Waals surface area contributed by atoms with E-state index in [1.54, 1.807) is 0 Å². The van der Waals surface area contributed by atoms with Crippen LogP contribution in [0.4, 0.5) is 0 Å². The van der Waals surface area contributed by atoms with Gasteiger partial charge in [-0.1, -0.05) is 12.7 Å². The molecule has 0 spiro atoms. The minimum Gasteiger partial charge on any atom is -0.172 e. The first-order valence-electron chi connectivity index (χ1n) is 3.16. The molecule has 0 aliphatic heterocycles. The van der Waals surface area contributed by atoms with Crippen molar-refractivity contribution in [3.8, 4) is 0 Å². The van der Waals surface area contributed by atoms with Crippen LogP contribution in [0.25, 0.3) is 8.96 Å². The van der Waals surface area contributed by atoms with Gasteiger partial charge < -0.3 is 0 Å². The summed E-state index contributed by atoms with van der Waals surface area (Å²) in [5, 5.41) is 0. The van der Waals surface area contributed by atoms with Crippen molar-refractivity contribution < 1.29 is 0 Å². The third-order valence-corrected chi connectivity index (χ3v) is 2.96. The summed E-state index contributed by atoms with van der Waals surface area (Å²) < 4.78 is 9.92. The van der Waals surface area contributed by atoms with Crippen LogP contribution in [0.3, 0.4) is 0 Å². The molecule has 0 radical (unpaired) electrons. The summed E-state index contributed by atoms with van der Waals surface area (Å²) in [7, 11) is 0. The van der Waals surface area contributed by atoms with Crippen LogP contribution in [0.2, 0.25) is 0 Å². The molecule has 12 heavy (non-hydrogen) atoms. The highest BCUT2D eigenvalue weighted by molar-refractivity contribution is 9.15. The Kier molecular flexibility index (Phi) is 3.61. The fraction of sp³-hybridized carbons (Fsp3) is 0.143. The first-order valence-corrected chi connectivity index (χ1v) is 5.48. The Morgan fingerprint density at radius 2 is 2.00 bits per heavy atom. The zero-order valence-electron chi connectivity index (χ0n) is 6.34. The lowest BCUT2D eigenvalue weighted by atomic mass is 10.3. The summed E-state index contributed by atoms with van der Waals surface area (Å²) in [5.74, 6) is 0. The summed E-state index contributed by atoms with van der Waals surface area (Å²) in [6.45, 7) is 5.68. The fourth-order valence-electron chi connectivity index (χ4n) is 0.660. The third kappa shape index (κ3) is 2.02. The van der Waals surface area contributed by atoms with Crippen LogP contribution in [0.5, 0.6) is 0 Å². The van der Waals surface area contributed by atoms with Crippen LogP contribution >= 0.6 is 43.6 Å². The molecule has 0 atom stereocenters. The van der Waals surface area contributed by atoms with Gasteiger partial charge in [-0.15, -0.1) is 0 Å². The quantitative estimate of drug-likeness (QED) is 0.833. The average molecular weight is 310 g/mol. The zero-order chi connectivity index (χ0) is 9.14. The average Bonchev–Trinajstić information content (AvgIpc) is 2.50. The second-order valence-corrected chi connectivity index (χ2v) is 4.34. The number of allylic oxidation sites excluding steroid dienone is 1. The van der Waals surface area contributed by atoms with E-state index in [1.165, 1.54) is 11.7 Å². The maximum Gasteiger partial charge on any atom is 0.119 e. The minimum atomic E-state index is 0.755. The molecule has 0 aliphatic rings. The molecule has 1 aromatic heterocycles. The van der Waals surface area contributed by atoms with Gasteiger partial charge in [0, 0.05) is 8.96 Å². The molecule has 0 aromatic carbocycles. The number of nitrogens with zero attached hydrogens (tertiary/aromatic N) is 2. The summed E-state index contributed by atoms with van der Waals surface area (Å²) in [6.07, 6.45) is 1.93. The van der Waals surface area contributed by atoms with Crippen molar-refractivity contribution in [2.45, 2.75) is 6.92 Å². The predicted octanol–water partition coefficient (Wildman–Crippen LogP) is 3.66. The molecule has 1 aromatic rings. The van der Waals surface area contributed by atoms with Crippen LogP contribution in [0, 0.1) is 0 Å². The second kappa shape index (κ2) is 4.30. The molecule has 0 saturated carbocycles. The smallest absolute Gasteiger partial charge is 0.119 e. The van der Waals surface area contributed by atoms with Crippen LogP contribution in [-0.2, 0) is 0 Å². The topological polar surface area (TPSA) is 25.8 Å². The van der Waals surface area contributed by atoms with Gasteiger partial charge in [0.2, 0.25) is 0 Å². The molecule has 0 amide bonds. The Balaban J connectivity index is 3.16. The van der Waals surface area contributed by atoms with Crippen molar-refractivity contribution in [1.29, 1.82) is 0 Å². The van der Waals surface area contributed by atoms with Crippen molar-refractivity contribution in [3.05, 3.63) is 24.0 Å². The SMILES string of the molecule is C=C(Br)c1nsnc1/C(Br)=C\C. The monoisotopic (exact) mass is 308 g/mol. The van der Waals surface area contributed by atoms with Crippen molar-refractivity contribution in [2.75, 3.05) is 0 Å². The Morgan fingerprint density at radius 1 is 1.42 bits per heavy atom. The molecule has 0 N–H and O–H groups in total. The highest BCUT2D eigenvalue weighted by Gasteiger charge is 2.11. The van der Waals surface area contributed by atoms with Crippen molar-refractivity contribution in [3.63, 3.8) is 0 Å². The van der Waals surface area contributed by atoms with Crippen LogP contribution < -0.4 is 0 Å². The van der Waals surface area contributed by atoms with Crippen LogP contribution in [0.1, 0.15) is 18.3 Å². The standard InChI is InChI=1S/C7H6Br2N2S/c1-3-5(9)7-6(4(2)8)10-12-11-7/h3H,2H2,1H3/b5-3+. The van der Waals surface area contributed by atoms with E-state index in [0.29, 0.717) is 0 Å². The fourth-order valence-corrected chi connectivity index (χ4v) is 2.03. The number of aromatic nitrogens is 2. The molecule has 0 fully saturated rings. The van der Waals surface area contributed by atoms with E-state index < -0.39 is 0 Å². The Morgan fingerprint density at radius 3 is 2.50 bits per heavy atom. The lowest BCUT2D eigenvalue weighted by molar-refractivity contribution is 1.42. The van der Waals surface area contributed by atoms with Gasteiger partial charge in [-0.2, -0.15) is 8.75 Å². The lowest BCUT2D eigenvalue weighted by Gasteiger charge is -1.95. The summed E-state index contributed by atoms with van der Waals surface area (Å²) in [4.78, 5) is 0. The highest BCUT2D eigenvalue weighted by Crippen LogP contribution is 2.29. The van der Waals surface area contributed by atoms with E-state index in [2.05, 4.69) is 47.2 Å². The molecule has 0 aliphatic carbocycles. The number of hydrogen-bond acceptors (Lipinski definition) is 3. The maximum atomic E-state index is 4.13. The first kappa shape index (κ1) is 10.1. The Hall–Kier alpha value is -0.000000000000000111. The van der Waals surface area contributed by atoms with E-state index in [9.17, 15) is 0 Å². The normalized spacial score (nSPS) is 11.8. The molecule has 5 heteroatoms. The molecule has 0 unspecified atom stereocenters. The van der Waals surface area contributed by atoms with Crippen LogP contribution in [0.15, 0.2) is 12.7 Å². The Bertz CT molecular complexity index is 330. The minimum absolute atomic E-state index is 0.755. The summed E-state index contributed by atoms with van der Waals surface area (Å²) in [5.41, 5.74) is 1.63. The molecule has 64 valence electrons. The van der Waals surface area contributed by atoms with E-state index in [0.717, 1.165) is 20.4 Å². The molecule has 0 saturated heterocycles. The number of rotatable bonds is 2. The van der Waals surface area contributed by atoms with Gasteiger partial charge in [0.25, 0.3) is 0 Å². The predicted molar refractivity (Wildman–Crippen MR) is 60.4 cm³/mol. The van der Waals surface area contributed by atoms with Crippen molar-refractivity contribution in [2.24, 2.45) is 0 Å². The van der Waals surface area contributed by atoms with Gasteiger partial charge >= 0.3 is 0 Å². The van der Waals surface area contributed by atoms with Gasteiger partial charge in [0.15, 0.2) is 0 Å². The first-order chi connectivity index (χ1) is 5.66. The van der Waals surface area contributed by atoms with E-state index >= 15 is 0 Å². The van der Waals surface area contributed by atoms with Crippen molar-refractivity contribution >= 4 is 52.6 Å². The zero-order valence-corrected chi connectivity index (χ0v) is 10.3. The number of halogens is 2. The molecular weight excluding hydrogens is 304 g/mol. The van der Waals surface area contributed by atoms with Gasteiger partial charge in [0.1, 0.15) is 11.4 Å². The maximum absolute atomic E-state index is 4.13. The van der Waals surface area contributed by atoms with E-state index in [4.69, 9.17) is 0 Å². The van der Waals surface area contributed by atoms with Gasteiger partial charge in [-0.3, -0.25) is 0 Å². The summed E-state index contributed by atoms with van der Waals surface area (Å²) >= 11 is 7.83. The Labute approximate surface area is 92.0 Å². The van der Waals surface area contributed by atoms with Crippen molar-refractivity contribution in [1.82, 2.24) is 8.75 Å². The third-order valence-electron chi connectivity index (χ3n) is 1.23. The van der Waals surface area contributed by atoms with E-state index in [-0.39, 0.29) is 0 Å². The van der Waals surface area contributed by atoms with E-state index in [1.807, 2.05) is 13.0 Å². The number of hydrogen-bond donors (Lipinski definition) is 0. The molecule has 0 bridgehead atoms. The second-order valence-electron chi connectivity index (χ2n) is 2.00. The highest BCUT2D eigenvalue weighted by atomic mass is 79.9. The largest absolute Gasteiger partial charge is 0.172 e.